The van der Waals surface area contributed by atoms with Crippen LogP contribution >= 0.6 is 15.9 Å². The number of nitrogens with one attached hydrogen (secondary N) is 1. The summed E-state index contributed by atoms with van der Waals surface area (Å²) in [5.41, 5.74) is 0.490. The van der Waals surface area contributed by atoms with Gasteiger partial charge in [-0.3, -0.25) is 0 Å². The molecule has 0 radical (unpaired) electrons. The highest BCUT2D eigenvalue weighted by Crippen LogP contribution is 2.21. The van der Waals surface area contributed by atoms with E-state index in [-0.39, 0.29) is 18.5 Å². The van der Waals surface area contributed by atoms with E-state index in [0.717, 1.165) is 4.47 Å². The molecule has 78 valence electrons. The van der Waals surface area contributed by atoms with E-state index in [1.165, 1.54) is 6.07 Å². The predicted octanol–water partition coefficient (Wildman–Crippen LogP) is 2.23. The lowest BCUT2D eigenvalue weighted by molar-refractivity contribution is 0.243. The Bertz CT molecular complexity index is 306. The summed E-state index contributed by atoms with van der Waals surface area (Å²) in [5, 5.41) is 12.1. The third-order valence-electron chi connectivity index (χ3n) is 1.97. The van der Waals surface area contributed by atoms with Crippen molar-refractivity contribution in [1.29, 1.82) is 0 Å². The molecule has 1 atom stereocenters. The van der Waals surface area contributed by atoms with E-state index >= 15 is 0 Å². The van der Waals surface area contributed by atoms with Crippen molar-refractivity contribution in [3.05, 3.63) is 34.1 Å². The average molecular weight is 262 g/mol. The zero-order valence-electron chi connectivity index (χ0n) is 7.93. The molecule has 1 aromatic rings. The Morgan fingerprint density at radius 1 is 1.57 bits per heavy atom. The second-order valence-corrected chi connectivity index (χ2v) is 3.87. The second-order valence-electron chi connectivity index (χ2n) is 2.96. The van der Waals surface area contributed by atoms with Gasteiger partial charge in [0.1, 0.15) is 5.82 Å². The van der Waals surface area contributed by atoms with E-state index in [2.05, 4.69) is 21.2 Å². The fourth-order valence-electron chi connectivity index (χ4n) is 1.30. The summed E-state index contributed by atoms with van der Waals surface area (Å²) in [6.07, 6.45) is 0. The smallest absolute Gasteiger partial charge is 0.128 e. The highest BCUT2D eigenvalue weighted by Gasteiger charge is 2.13. The molecule has 4 heteroatoms. The van der Waals surface area contributed by atoms with Gasteiger partial charge in [-0.1, -0.05) is 22.9 Å². The highest BCUT2D eigenvalue weighted by atomic mass is 79.9. The van der Waals surface area contributed by atoms with Gasteiger partial charge in [-0.2, -0.15) is 0 Å². The number of aliphatic hydroxyl groups excluding tert-OH is 1. The van der Waals surface area contributed by atoms with Gasteiger partial charge in [-0.15, -0.1) is 0 Å². The van der Waals surface area contributed by atoms with Crippen LogP contribution < -0.4 is 5.32 Å². The molecule has 0 amide bonds. The largest absolute Gasteiger partial charge is 0.394 e. The molecular weight excluding hydrogens is 249 g/mol. The first-order chi connectivity index (χ1) is 6.69. The molecule has 0 aromatic heterocycles. The second kappa shape index (κ2) is 5.44. The summed E-state index contributed by atoms with van der Waals surface area (Å²) >= 11 is 3.27. The first-order valence-electron chi connectivity index (χ1n) is 4.48. The van der Waals surface area contributed by atoms with Gasteiger partial charge >= 0.3 is 0 Å². The molecule has 0 saturated heterocycles. The van der Waals surface area contributed by atoms with E-state index in [1.54, 1.807) is 12.1 Å². The zero-order valence-corrected chi connectivity index (χ0v) is 9.51. The van der Waals surface area contributed by atoms with Gasteiger partial charge in [0.15, 0.2) is 0 Å². The van der Waals surface area contributed by atoms with Crippen LogP contribution in [0.4, 0.5) is 4.39 Å². The molecule has 1 rings (SSSR count). The van der Waals surface area contributed by atoms with Crippen molar-refractivity contribution in [2.75, 3.05) is 13.2 Å². The minimum atomic E-state index is -0.336. The number of rotatable bonds is 4. The Hall–Kier alpha value is -0.450. The summed E-state index contributed by atoms with van der Waals surface area (Å²) in [4.78, 5) is 0. The Labute approximate surface area is 91.3 Å². The van der Waals surface area contributed by atoms with Crippen LogP contribution in [0.1, 0.15) is 18.5 Å². The van der Waals surface area contributed by atoms with Crippen molar-refractivity contribution in [3.63, 3.8) is 0 Å². The van der Waals surface area contributed by atoms with E-state index < -0.39 is 0 Å². The lowest BCUT2D eigenvalue weighted by Gasteiger charge is -2.16. The lowest BCUT2D eigenvalue weighted by atomic mass is 10.1. The summed E-state index contributed by atoms with van der Waals surface area (Å²) in [6.45, 7) is 2.50. The molecule has 0 heterocycles. The summed E-state index contributed by atoms with van der Waals surface area (Å²) in [5.74, 6) is -0.298. The molecule has 0 aliphatic heterocycles. The van der Waals surface area contributed by atoms with Crippen molar-refractivity contribution in [2.24, 2.45) is 0 Å². The fourth-order valence-corrected chi connectivity index (χ4v) is 1.68. The maximum Gasteiger partial charge on any atom is 0.128 e. The van der Waals surface area contributed by atoms with Crippen LogP contribution in [0.15, 0.2) is 22.7 Å². The predicted molar refractivity (Wildman–Crippen MR) is 57.6 cm³/mol. The monoisotopic (exact) mass is 261 g/mol. The fraction of sp³-hybridized carbons (Fsp3) is 0.400. The van der Waals surface area contributed by atoms with Crippen molar-refractivity contribution in [3.8, 4) is 0 Å². The van der Waals surface area contributed by atoms with Gasteiger partial charge in [-0.25, -0.2) is 4.39 Å². The van der Waals surface area contributed by atoms with Crippen LogP contribution in [0.25, 0.3) is 0 Å². The summed E-state index contributed by atoms with van der Waals surface area (Å²) in [6, 6.07) is 4.37. The van der Waals surface area contributed by atoms with E-state index in [4.69, 9.17) is 5.11 Å². The topological polar surface area (TPSA) is 32.3 Å². The number of halogens is 2. The normalized spacial score (nSPS) is 12.9. The van der Waals surface area contributed by atoms with Gasteiger partial charge in [0.05, 0.1) is 12.6 Å². The quantitative estimate of drug-likeness (QED) is 0.872. The third kappa shape index (κ3) is 2.77. The third-order valence-corrected chi connectivity index (χ3v) is 2.46. The lowest BCUT2D eigenvalue weighted by Crippen LogP contribution is -2.24. The Balaban J connectivity index is 2.96. The molecule has 0 fully saturated rings. The Morgan fingerprint density at radius 3 is 2.86 bits per heavy atom. The molecule has 14 heavy (non-hydrogen) atoms. The molecule has 0 aliphatic rings. The van der Waals surface area contributed by atoms with E-state index in [0.29, 0.717) is 12.1 Å². The maximum atomic E-state index is 13.4. The molecule has 2 N–H and O–H groups in total. The Kier molecular flexibility index (Phi) is 4.51. The molecule has 1 unspecified atom stereocenters. The molecule has 0 bridgehead atoms. The summed E-state index contributed by atoms with van der Waals surface area (Å²) < 4.78 is 14.2. The number of benzene rings is 1. The van der Waals surface area contributed by atoms with Crippen LogP contribution in [0.5, 0.6) is 0 Å². The Morgan fingerprint density at radius 2 is 2.29 bits per heavy atom. The summed E-state index contributed by atoms with van der Waals surface area (Å²) in [7, 11) is 0. The SMILES string of the molecule is CCNC(CO)c1cc(Br)ccc1F. The standard InChI is InChI=1S/C10H13BrFNO/c1-2-13-10(6-14)8-5-7(11)3-4-9(8)12/h3-5,10,13-14H,2,6H2,1H3. The van der Waals surface area contributed by atoms with Crippen molar-refractivity contribution in [2.45, 2.75) is 13.0 Å². The molecule has 0 spiro atoms. The van der Waals surface area contributed by atoms with Crippen LogP contribution in [0.2, 0.25) is 0 Å². The van der Waals surface area contributed by atoms with E-state index in [1.807, 2.05) is 6.92 Å². The van der Waals surface area contributed by atoms with Crippen LogP contribution in [-0.2, 0) is 0 Å². The molecular formula is C10H13BrFNO. The van der Waals surface area contributed by atoms with Crippen molar-refractivity contribution >= 4 is 15.9 Å². The van der Waals surface area contributed by atoms with Crippen molar-refractivity contribution < 1.29 is 9.50 Å². The van der Waals surface area contributed by atoms with Crippen LogP contribution in [0, 0.1) is 5.82 Å². The average Bonchev–Trinajstić information content (AvgIpc) is 2.18. The number of hydrogen-bond donors (Lipinski definition) is 2. The maximum absolute atomic E-state index is 13.4. The first-order valence-corrected chi connectivity index (χ1v) is 5.27. The first kappa shape index (κ1) is 11.6. The van der Waals surface area contributed by atoms with Crippen LogP contribution in [0.3, 0.4) is 0 Å². The molecule has 0 saturated carbocycles. The van der Waals surface area contributed by atoms with Gasteiger partial charge in [0.25, 0.3) is 0 Å². The van der Waals surface area contributed by atoms with E-state index in [9.17, 15) is 4.39 Å². The van der Waals surface area contributed by atoms with Gasteiger partial charge < -0.3 is 10.4 Å². The minimum absolute atomic E-state index is 0.110. The van der Waals surface area contributed by atoms with Gasteiger partial charge in [0.2, 0.25) is 0 Å². The molecule has 1 aromatic carbocycles. The number of aliphatic hydroxyl groups is 1. The highest BCUT2D eigenvalue weighted by molar-refractivity contribution is 9.10. The molecule has 0 aliphatic carbocycles. The van der Waals surface area contributed by atoms with Crippen molar-refractivity contribution in [1.82, 2.24) is 5.32 Å². The zero-order chi connectivity index (χ0) is 10.6. The number of hydrogen-bond acceptors (Lipinski definition) is 2. The van der Waals surface area contributed by atoms with Gasteiger partial charge in [0, 0.05) is 10.0 Å². The van der Waals surface area contributed by atoms with Crippen LogP contribution in [-0.4, -0.2) is 18.3 Å². The number of likely N-dealkylation sites (N-methyl/N-ethyl adjacent to an activating group) is 1. The molecule has 2 nitrogen and oxygen atoms in total. The van der Waals surface area contributed by atoms with Gasteiger partial charge in [-0.05, 0) is 24.7 Å². The minimum Gasteiger partial charge on any atom is -0.394 e.